The van der Waals surface area contributed by atoms with Gasteiger partial charge in [-0.05, 0) is 30.4 Å². The molecule has 0 radical (unpaired) electrons. The Balaban J connectivity index is 0.000000858. The van der Waals surface area contributed by atoms with Crippen molar-refractivity contribution in [2.24, 2.45) is 0 Å². The van der Waals surface area contributed by atoms with Gasteiger partial charge in [-0.3, -0.25) is 19.8 Å². The van der Waals surface area contributed by atoms with Gasteiger partial charge in [0.15, 0.2) is 0 Å². The quantitative estimate of drug-likeness (QED) is 0.395. The van der Waals surface area contributed by atoms with Crippen LogP contribution in [0.25, 0.3) is 0 Å². The fraction of sp³-hybridized carbons (Fsp3) is 0.435. The molecule has 0 amide bonds. The van der Waals surface area contributed by atoms with E-state index >= 15 is 4.39 Å². The second-order valence-corrected chi connectivity index (χ2v) is 8.20. The number of nitrogens with one attached hydrogen (secondary N) is 1. The third-order valence-corrected chi connectivity index (χ3v) is 6.00. The molecule has 166 valence electrons. The summed E-state index contributed by atoms with van der Waals surface area (Å²) < 4.78 is 15.2. The normalized spacial score (nSPS) is 22.1. The molecule has 1 aliphatic carbocycles. The number of nitrogens with zero attached hydrogens (tertiary/aromatic N) is 2. The van der Waals surface area contributed by atoms with Crippen molar-refractivity contribution in [2.75, 3.05) is 19.6 Å². The van der Waals surface area contributed by atoms with Crippen LogP contribution in [0.4, 0.5) is 10.1 Å². The second kappa shape index (κ2) is 10.5. The zero-order chi connectivity index (χ0) is 22.3. The van der Waals surface area contributed by atoms with E-state index in [9.17, 15) is 10.1 Å². The van der Waals surface area contributed by atoms with Gasteiger partial charge in [0, 0.05) is 50.3 Å². The highest BCUT2D eigenvalue weighted by atomic mass is 19.1. The maximum absolute atomic E-state index is 15.2. The van der Waals surface area contributed by atoms with Crippen molar-refractivity contribution in [3.8, 4) is 0 Å². The Bertz CT molecular complexity index is 855. The zero-order valence-electron chi connectivity index (χ0n) is 17.3. The molecule has 2 fully saturated rings. The van der Waals surface area contributed by atoms with Crippen molar-refractivity contribution in [3.05, 3.63) is 75.8 Å². The van der Waals surface area contributed by atoms with Crippen molar-refractivity contribution >= 4 is 12.2 Å². The molecule has 2 aromatic rings. The maximum Gasteiger partial charge on any atom is 0.290 e. The molecule has 2 aromatic carbocycles. The molecule has 2 atom stereocenters. The van der Waals surface area contributed by atoms with Gasteiger partial charge >= 0.3 is 0 Å². The molecule has 2 aliphatic rings. The molecular formula is C23H28FN3O4. The lowest BCUT2D eigenvalue weighted by molar-refractivity contribution is -0.384. The highest BCUT2D eigenvalue weighted by Crippen LogP contribution is 2.41. The lowest BCUT2D eigenvalue weighted by atomic mass is 9.93. The Morgan fingerprint density at radius 2 is 1.77 bits per heavy atom. The average molecular weight is 429 g/mol. The van der Waals surface area contributed by atoms with E-state index < -0.39 is 5.67 Å². The highest BCUT2D eigenvalue weighted by molar-refractivity contribution is 5.37. The molecule has 1 saturated carbocycles. The molecule has 7 nitrogen and oxygen atoms in total. The highest BCUT2D eigenvalue weighted by Gasteiger charge is 2.41. The second-order valence-electron chi connectivity index (χ2n) is 8.20. The van der Waals surface area contributed by atoms with Crippen molar-refractivity contribution in [1.29, 1.82) is 0 Å². The first-order valence-corrected chi connectivity index (χ1v) is 10.4. The molecular weight excluding hydrogens is 401 g/mol. The molecule has 1 aliphatic heterocycles. The van der Waals surface area contributed by atoms with Crippen molar-refractivity contribution in [2.45, 2.75) is 43.4 Å². The van der Waals surface area contributed by atoms with E-state index in [0.717, 1.165) is 31.6 Å². The smallest absolute Gasteiger partial charge is 0.290 e. The maximum atomic E-state index is 15.2. The molecule has 1 heterocycles. The molecule has 1 saturated heterocycles. The summed E-state index contributed by atoms with van der Waals surface area (Å²) >= 11 is 0. The Morgan fingerprint density at radius 1 is 1.16 bits per heavy atom. The van der Waals surface area contributed by atoms with Gasteiger partial charge in [-0.25, -0.2) is 4.39 Å². The number of nitro benzene ring substituents is 1. The van der Waals surface area contributed by atoms with Crippen LogP contribution in [0.1, 0.15) is 36.3 Å². The number of benzene rings is 2. The van der Waals surface area contributed by atoms with Crippen molar-refractivity contribution < 1.29 is 19.2 Å². The number of alkyl halides is 1. The summed E-state index contributed by atoms with van der Waals surface area (Å²) in [6.07, 6.45) is 2.08. The van der Waals surface area contributed by atoms with Crippen LogP contribution in [-0.2, 0) is 11.3 Å². The van der Waals surface area contributed by atoms with Crippen LogP contribution in [0.3, 0.4) is 0 Å². The fourth-order valence-corrected chi connectivity index (χ4v) is 4.08. The Labute approximate surface area is 181 Å². The molecule has 0 bridgehead atoms. The molecule has 0 spiro atoms. The standard InChI is InChI=1S/C22H26FN3O2.CH2O2/c23-22(10-12-25(13-11-22)15-17-4-2-1-3-5-17)16-24-21-14-20(21)18-6-8-19(9-7-18)26(27)28;2-1-3/h1-9,20-21,24H,10-16H2;1H,(H,2,3). The Morgan fingerprint density at radius 3 is 2.35 bits per heavy atom. The van der Waals surface area contributed by atoms with Gasteiger partial charge in [0.2, 0.25) is 0 Å². The number of carboxylic acid groups (broad SMARTS) is 1. The van der Waals surface area contributed by atoms with Gasteiger partial charge in [0.05, 0.1) is 4.92 Å². The largest absolute Gasteiger partial charge is 0.483 e. The first kappa shape index (κ1) is 22.8. The van der Waals surface area contributed by atoms with Gasteiger partial charge in [-0.1, -0.05) is 42.5 Å². The van der Waals surface area contributed by atoms with Crippen LogP contribution < -0.4 is 5.32 Å². The summed E-state index contributed by atoms with van der Waals surface area (Å²) in [6, 6.07) is 17.3. The lowest BCUT2D eigenvalue weighted by Crippen LogP contribution is -2.47. The first-order valence-electron chi connectivity index (χ1n) is 10.4. The number of nitro groups is 1. The van der Waals surface area contributed by atoms with E-state index in [-0.39, 0.29) is 23.1 Å². The van der Waals surface area contributed by atoms with E-state index in [1.165, 1.54) is 5.56 Å². The Hall–Kier alpha value is -2.84. The van der Waals surface area contributed by atoms with Crippen molar-refractivity contribution in [3.63, 3.8) is 0 Å². The summed E-state index contributed by atoms with van der Waals surface area (Å²) in [5, 5.41) is 21.0. The van der Waals surface area contributed by atoms with E-state index in [1.807, 2.05) is 30.3 Å². The molecule has 8 heteroatoms. The summed E-state index contributed by atoms with van der Waals surface area (Å²) in [5.74, 6) is 0.336. The van der Waals surface area contributed by atoms with E-state index in [4.69, 9.17) is 9.90 Å². The number of likely N-dealkylation sites (tertiary alicyclic amines) is 1. The minimum Gasteiger partial charge on any atom is -0.483 e. The topological polar surface area (TPSA) is 95.7 Å². The zero-order valence-corrected chi connectivity index (χ0v) is 17.3. The number of piperidine rings is 1. The van der Waals surface area contributed by atoms with Gasteiger partial charge in [-0.2, -0.15) is 0 Å². The van der Waals surface area contributed by atoms with Crippen LogP contribution in [0.15, 0.2) is 54.6 Å². The number of hydrogen-bond donors (Lipinski definition) is 2. The molecule has 31 heavy (non-hydrogen) atoms. The van der Waals surface area contributed by atoms with Gasteiger partial charge in [-0.15, -0.1) is 0 Å². The van der Waals surface area contributed by atoms with E-state index in [2.05, 4.69) is 22.3 Å². The summed E-state index contributed by atoms with van der Waals surface area (Å²) in [5.41, 5.74) is 1.33. The van der Waals surface area contributed by atoms with Crippen LogP contribution in [0, 0.1) is 10.1 Å². The van der Waals surface area contributed by atoms with Crippen molar-refractivity contribution in [1.82, 2.24) is 10.2 Å². The van der Waals surface area contributed by atoms with E-state index in [0.29, 0.717) is 25.3 Å². The number of rotatable bonds is 7. The third-order valence-electron chi connectivity index (χ3n) is 6.00. The van der Waals surface area contributed by atoms with Crippen LogP contribution in [0.2, 0.25) is 0 Å². The SMILES string of the molecule is O=CO.O=[N+]([O-])c1ccc(C2CC2NCC2(F)CCN(Cc3ccccc3)CC2)cc1. The molecule has 0 aromatic heterocycles. The Kier molecular flexibility index (Phi) is 7.70. The molecule has 4 rings (SSSR count). The van der Waals surface area contributed by atoms with Crippen LogP contribution >= 0.6 is 0 Å². The van der Waals surface area contributed by atoms with E-state index in [1.54, 1.807) is 12.1 Å². The van der Waals surface area contributed by atoms with Crippen LogP contribution in [0.5, 0.6) is 0 Å². The van der Waals surface area contributed by atoms with Gasteiger partial charge in [0.1, 0.15) is 5.67 Å². The van der Waals surface area contributed by atoms with Gasteiger partial charge < -0.3 is 10.4 Å². The monoisotopic (exact) mass is 429 g/mol. The molecule has 2 unspecified atom stereocenters. The minimum absolute atomic E-state index is 0.110. The summed E-state index contributed by atoms with van der Waals surface area (Å²) in [6.45, 7) is 2.59. The number of halogens is 1. The predicted molar refractivity (Wildman–Crippen MR) is 116 cm³/mol. The fourth-order valence-electron chi connectivity index (χ4n) is 4.08. The first-order chi connectivity index (χ1) is 14.9. The molecule has 2 N–H and O–H groups in total. The third kappa shape index (κ3) is 6.57. The predicted octanol–water partition coefficient (Wildman–Crippen LogP) is 3.75. The minimum atomic E-state index is -1.14. The van der Waals surface area contributed by atoms with Gasteiger partial charge in [0.25, 0.3) is 12.2 Å². The summed E-state index contributed by atoms with van der Waals surface area (Å²) in [7, 11) is 0. The van der Waals surface area contributed by atoms with Crippen LogP contribution in [-0.4, -0.2) is 52.7 Å². The number of hydrogen-bond acceptors (Lipinski definition) is 5. The number of carbonyl (C=O) groups is 1. The lowest BCUT2D eigenvalue weighted by Gasteiger charge is -2.36. The average Bonchev–Trinajstić information content (AvgIpc) is 3.56. The number of non-ortho nitro benzene ring substituents is 1. The summed E-state index contributed by atoms with van der Waals surface area (Å²) in [4.78, 5) is 21.0.